The lowest BCUT2D eigenvalue weighted by atomic mass is 9.93. The fraction of sp³-hybridized carbons (Fsp3) is 0.231. The summed E-state index contributed by atoms with van der Waals surface area (Å²) in [5.41, 5.74) is 2.85. The van der Waals surface area contributed by atoms with E-state index in [2.05, 4.69) is 99.6 Å². The van der Waals surface area contributed by atoms with Crippen molar-refractivity contribution in [2.24, 2.45) is 0 Å². The van der Waals surface area contributed by atoms with Gasteiger partial charge < -0.3 is 0 Å². The minimum atomic E-state index is -1.60. The fourth-order valence-corrected chi connectivity index (χ4v) is 9.04. The molecule has 0 saturated carbocycles. The molecule has 0 fully saturated rings. The molecule has 0 heterocycles. The van der Waals surface area contributed by atoms with Crippen LogP contribution in [0.4, 0.5) is 0 Å². The summed E-state index contributed by atoms with van der Waals surface area (Å²) in [6, 6.07) is 33.0. The topological polar surface area (TPSA) is 0 Å². The van der Waals surface area contributed by atoms with Crippen molar-refractivity contribution in [2.75, 3.05) is 0 Å². The van der Waals surface area contributed by atoms with Crippen molar-refractivity contribution >= 4 is 34.8 Å². The van der Waals surface area contributed by atoms with Crippen molar-refractivity contribution in [2.45, 2.75) is 38.9 Å². The van der Waals surface area contributed by atoms with Crippen LogP contribution in [0.2, 0.25) is 18.1 Å². The quantitative estimate of drug-likeness (QED) is 0.255. The average Bonchev–Trinajstić information content (AvgIpc) is 2.76. The first-order valence-corrected chi connectivity index (χ1v) is 12.9. The largest absolute Gasteiger partial charge is 0.0875 e. The lowest BCUT2D eigenvalue weighted by molar-refractivity contribution is 1.20. The van der Waals surface area contributed by atoms with Crippen molar-refractivity contribution in [3.05, 3.63) is 78.9 Å². The van der Waals surface area contributed by atoms with Gasteiger partial charge in [-0.25, -0.2) is 0 Å². The highest BCUT2D eigenvalue weighted by atomic mass is 28.3. The number of benzene rings is 4. The maximum absolute atomic E-state index is 2.41. The molecule has 4 aromatic carbocycles. The van der Waals surface area contributed by atoms with Gasteiger partial charge in [0.2, 0.25) is 0 Å². The van der Waals surface area contributed by atoms with Crippen molar-refractivity contribution in [1.29, 1.82) is 0 Å². The van der Waals surface area contributed by atoms with Crippen LogP contribution in [0.5, 0.6) is 0 Å². The zero-order valence-corrected chi connectivity index (χ0v) is 17.6. The van der Waals surface area contributed by atoms with Crippen LogP contribution in [0.3, 0.4) is 0 Å². The van der Waals surface area contributed by atoms with E-state index in [0.29, 0.717) is 0 Å². The van der Waals surface area contributed by atoms with E-state index in [1.807, 2.05) is 0 Å². The standard InChI is InChI=1S/C26H28Si/c1-4-27(5-2,6-3)26-24-19-13-11-17-22(24)21-16-10-12-18-23(21)25(26)20-14-8-7-9-15-20/h7-19H,4-6H2,1-3H3. The first kappa shape index (κ1) is 18.0. The highest BCUT2D eigenvalue weighted by Gasteiger charge is 2.34. The number of hydrogen-bond acceptors (Lipinski definition) is 0. The van der Waals surface area contributed by atoms with Gasteiger partial charge in [-0.15, -0.1) is 0 Å². The maximum Gasteiger partial charge on any atom is 0.0875 e. The monoisotopic (exact) mass is 368 g/mol. The Bertz CT molecular complexity index is 1070. The summed E-state index contributed by atoms with van der Waals surface area (Å²) < 4.78 is 0. The number of rotatable bonds is 5. The lowest BCUT2D eigenvalue weighted by Crippen LogP contribution is -2.47. The second kappa shape index (κ2) is 7.32. The summed E-state index contributed by atoms with van der Waals surface area (Å²) in [7, 11) is -1.60. The molecule has 0 radical (unpaired) electrons. The van der Waals surface area contributed by atoms with E-state index >= 15 is 0 Å². The van der Waals surface area contributed by atoms with Crippen LogP contribution in [-0.4, -0.2) is 8.07 Å². The van der Waals surface area contributed by atoms with E-state index in [1.54, 1.807) is 5.19 Å². The molecule has 0 spiro atoms. The molecule has 136 valence electrons. The van der Waals surface area contributed by atoms with E-state index in [-0.39, 0.29) is 0 Å². The summed E-state index contributed by atoms with van der Waals surface area (Å²) in [5.74, 6) is 0. The molecule has 0 unspecified atom stereocenters. The molecule has 0 N–H and O–H groups in total. The highest BCUT2D eigenvalue weighted by molar-refractivity contribution is 6.94. The Morgan fingerprint density at radius 1 is 0.519 bits per heavy atom. The molecule has 0 saturated heterocycles. The smallest absolute Gasteiger partial charge is 0.0675 e. The molecule has 0 aliphatic heterocycles. The molecule has 0 nitrogen and oxygen atoms in total. The summed E-state index contributed by atoms with van der Waals surface area (Å²) in [5, 5.41) is 7.35. The predicted octanol–water partition coefficient (Wildman–Crippen LogP) is 7.38. The van der Waals surface area contributed by atoms with Crippen LogP contribution >= 0.6 is 0 Å². The predicted molar refractivity (Wildman–Crippen MR) is 124 cm³/mol. The zero-order chi connectivity index (χ0) is 18.9. The Balaban J connectivity index is 2.29. The Kier molecular flexibility index (Phi) is 4.88. The summed E-state index contributed by atoms with van der Waals surface area (Å²) in [6.45, 7) is 7.24. The van der Waals surface area contributed by atoms with Gasteiger partial charge in [0, 0.05) is 0 Å². The van der Waals surface area contributed by atoms with Crippen molar-refractivity contribution in [1.82, 2.24) is 0 Å². The molecule has 0 aliphatic rings. The van der Waals surface area contributed by atoms with E-state index in [4.69, 9.17) is 0 Å². The molecule has 4 aromatic rings. The van der Waals surface area contributed by atoms with E-state index in [1.165, 1.54) is 50.8 Å². The van der Waals surface area contributed by atoms with Crippen LogP contribution in [0, 0.1) is 0 Å². The third kappa shape index (κ3) is 2.81. The van der Waals surface area contributed by atoms with Gasteiger partial charge in [0.05, 0.1) is 8.07 Å². The van der Waals surface area contributed by atoms with Crippen LogP contribution in [0.1, 0.15) is 20.8 Å². The van der Waals surface area contributed by atoms with E-state index in [0.717, 1.165) is 0 Å². The molecule has 0 atom stereocenters. The minimum absolute atomic E-state index is 1.29. The Morgan fingerprint density at radius 2 is 0.963 bits per heavy atom. The van der Waals surface area contributed by atoms with Gasteiger partial charge >= 0.3 is 0 Å². The van der Waals surface area contributed by atoms with E-state index in [9.17, 15) is 0 Å². The molecule has 27 heavy (non-hydrogen) atoms. The molecule has 0 amide bonds. The third-order valence-electron chi connectivity index (χ3n) is 6.56. The second-order valence-corrected chi connectivity index (χ2v) is 12.7. The van der Waals surface area contributed by atoms with Crippen LogP contribution in [0.15, 0.2) is 78.9 Å². The molecule has 0 aromatic heterocycles. The molecule has 4 rings (SSSR count). The van der Waals surface area contributed by atoms with Crippen LogP contribution in [0.25, 0.3) is 32.7 Å². The zero-order valence-electron chi connectivity index (χ0n) is 16.6. The number of fused-ring (bicyclic) bond motifs is 3. The van der Waals surface area contributed by atoms with Gasteiger partial charge in [0.15, 0.2) is 0 Å². The second-order valence-electron chi connectivity index (χ2n) is 7.55. The van der Waals surface area contributed by atoms with Gasteiger partial charge in [-0.1, -0.05) is 118 Å². The van der Waals surface area contributed by atoms with Gasteiger partial charge in [-0.2, -0.15) is 0 Å². The lowest BCUT2D eigenvalue weighted by Gasteiger charge is -2.33. The Labute approximate surface area is 163 Å². The first-order valence-electron chi connectivity index (χ1n) is 10.2. The summed E-state index contributed by atoms with van der Waals surface area (Å²) >= 11 is 0. The van der Waals surface area contributed by atoms with Gasteiger partial charge in [-0.05, 0) is 37.9 Å². The molecule has 1 heteroatoms. The Morgan fingerprint density at radius 3 is 1.52 bits per heavy atom. The minimum Gasteiger partial charge on any atom is -0.0675 e. The highest BCUT2D eigenvalue weighted by Crippen LogP contribution is 2.37. The fourth-order valence-electron chi connectivity index (χ4n) is 4.88. The molecular weight excluding hydrogens is 340 g/mol. The SMILES string of the molecule is CC[Si](CC)(CC)c1c(-c2ccccc2)c2ccccc2c2ccccc12. The molecule has 0 bridgehead atoms. The average molecular weight is 369 g/mol. The van der Waals surface area contributed by atoms with Crippen molar-refractivity contribution < 1.29 is 0 Å². The van der Waals surface area contributed by atoms with Crippen molar-refractivity contribution in [3.8, 4) is 11.1 Å². The maximum atomic E-state index is 2.41. The number of hydrogen-bond donors (Lipinski definition) is 0. The normalized spacial score (nSPS) is 12.0. The first-order chi connectivity index (χ1) is 13.3. The summed E-state index contributed by atoms with van der Waals surface area (Å²) in [4.78, 5) is 0. The summed E-state index contributed by atoms with van der Waals surface area (Å²) in [6.07, 6.45) is 0. The third-order valence-corrected chi connectivity index (χ3v) is 12.2. The van der Waals surface area contributed by atoms with Crippen LogP contribution in [-0.2, 0) is 0 Å². The Hall–Kier alpha value is -2.38. The van der Waals surface area contributed by atoms with Gasteiger partial charge in [-0.3, -0.25) is 0 Å². The van der Waals surface area contributed by atoms with Gasteiger partial charge in [0.1, 0.15) is 0 Å². The van der Waals surface area contributed by atoms with Crippen LogP contribution < -0.4 is 5.19 Å². The van der Waals surface area contributed by atoms with E-state index < -0.39 is 8.07 Å². The van der Waals surface area contributed by atoms with Crippen molar-refractivity contribution in [3.63, 3.8) is 0 Å². The van der Waals surface area contributed by atoms with Gasteiger partial charge in [0.25, 0.3) is 0 Å². The molecular formula is C26H28Si. The molecule has 0 aliphatic carbocycles.